The summed E-state index contributed by atoms with van der Waals surface area (Å²) in [6.45, 7) is 5.52. The highest BCUT2D eigenvalue weighted by molar-refractivity contribution is 7.90. The first kappa shape index (κ1) is 23.8. The van der Waals surface area contributed by atoms with Crippen molar-refractivity contribution in [2.75, 3.05) is 6.26 Å². The van der Waals surface area contributed by atoms with E-state index in [1.807, 2.05) is 6.92 Å². The number of sulfone groups is 1. The van der Waals surface area contributed by atoms with E-state index in [4.69, 9.17) is 11.6 Å². The van der Waals surface area contributed by atoms with Crippen molar-refractivity contribution < 1.29 is 21.2 Å². The van der Waals surface area contributed by atoms with Gasteiger partial charge in [-0.15, -0.1) is 0 Å². The highest BCUT2D eigenvalue weighted by Crippen LogP contribution is 2.28. The third-order valence-corrected chi connectivity index (χ3v) is 7.25. The summed E-state index contributed by atoms with van der Waals surface area (Å²) in [5.74, 6) is -1.49. The molecule has 0 unspecified atom stereocenters. The Morgan fingerprint density at radius 2 is 1.81 bits per heavy atom. The number of aromatic nitrogens is 2. The van der Waals surface area contributed by atoms with Crippen LogP contribution in [0.25, 0.3) is 5.57 Å². The van der Waals surface area contributed by atoms with Crippen molar-refractivity contribution in [1.29, 1.82) is 0 Å². The van der Waals surface area contributed by atoms with Crippen LogP contribution >= 0.6 is 11.6 Å². The Kier molecular flexibility index (Phi) is 6.63. The first-order chi connectivity index (χ1) is 14.9. The van der Waals surface area contributed by atoms with Crippen LogP contribution in [0.1, 0.15) is 17.8 Å². The van der Waals surface area contributed by atoms with Gasteiger partial charge in [0, 0.05) is 24.2 Å². The quantitative estimate of drug-likeness (QED) is 0.600. The summed E-state index contributed by atoms with van der Waals surface area (Å²) in [6, 6.07) is 6.14. The highest BCUT2D eigenvalue weighted by atomic mass is 35.5. The molecule has 3 rings (SSSR count). The minimum absolute atomic E-state index is 0.00683. The maximum Gasteiger partial charge on any atom is 0.269 e. The summed E-state index contributed by atoms with van der Waals surface area (Å²) in [5, 5.41) is -0.626. The number of aryl methyl sites for hydroxylation is 1. The van der Waals surface area contributed by atoms with Crippen LogP contribution in [-0.4, -0.2) is 43.6 Å². The van der Waals surface area contributed by atoms with Crippen molar-refractivity contribution in [3.63, 3.8) is 0 Å². The van der Waals surface area contributed by atoms with E-state index in [0.717, 1.165) is 16.1 Å². The van der Waals surface area contributed by atoms with E-state index in [1.54, 1.807) is 12.1 Å². The third kappa shape index (κ3) is 5.12. The molecule has 0 spiro atoms. The second kappa shape index (κ2) is 8.93. The molecule has 0 saturated carbocycles. The minimum atomic E-state index is -4.16. The molecule has 2 aromatic rings. The number of sulfonamides is 1. The van der Waals surface area contributed by atoms with Crippen molar-refractivity contribution in [3.05, 3.63) is 77.4 Å². The van der Waals surface area contributed by atoms with Gasteiger partial charge in [0.25, 0.3) is 10.0 Å². The van der Waals surface area contributed by atoms with Gasteiger partial charge in [0.2, 0.25) is 0 Å². The lowest BCUT2D eigenvalue weighted by Gasteiger charge is -2.21. The van der Waals surface area contributed by atoms with Gasteiger partial charge in [0.15, 0.2) is 26.5 Å². The second-order valence-corrected chi connectivity index (χ2v) is 11.0. The van der Waals surface area contributed by atoms with E-state index in [2.05, 4.69) is 21.5 Å². The zero-order valence-electron chi connectivity index (χ0n) is 17.0. The van der Waals surface area contributed by atoms with Crippen LogP contribution in [0.5, 0.6) is 0 Å². The summed E-state index contributed by atoms with van der Waals surface area (Å²) in [5.41, 5.74) is 1.01. The molecule has 8 nitrogen and oxygen atoms in total. The van der Waals surface area contributed by atoms with Gasteiger partial charge in [0.05, 0.1) is 16.1 Å². The van der Waals surface area contributed by atoms with Crippen LogP contribution in [0.2, 0.25) is 0 Å². The van der Waals surface area contributed by atoms with Crippen molar-refractivity contribution in [1.82, 2.24) is 14.3 Å². The number of allylic oxidation sites excluding steroid dienone is 3. The van der Waals surface area contributed by atoms with Gasteiger partial charge in [-0.3, -0.25) is 0 Å². The molecule has 168 valence electrons. The Balaban J connectivity index is 2.22. The number of halogens is 2. The maximum absolute atomic E-state index is 14.0. The molecule has 0 N–H and O–H groups in total. The molecule has 12 heteroatoms. The lowest BCUT2D eigenvalue weighted by molar-refractivity contribution is 0.538. The minimum Gasteiger partial charge on any atom is -0.237 e. The molecule has 0 aliphatic carbocycles. The fourth-order valence-corrected chi connectivity index (χ4v) is 4.75. The van der Waals surface area contributed by atoms with Gasteiger partial charge < -0.3 is 0 Å². The first-order valence-corrected chi connectivity index (χ1v) is 12.7. The zero-order chi connectivity index (χ0) is 23.7. The molecule has 0 saturated heterocycles. The Morgan fingerprint density at radius 1 is 1.16 bits per heavy atom. The van der Waals surface area contributed by atoms with Crippen molar-refractivity contribution in [3.8, 4) is 0 Å². The van der Waals surface area contributed by atoms with E-state index in [1.165, 1.54) is 30.6 Å². The van der Waals surface area contributed by atoms with Gasteiger partial charge in [-0.05, 0) is 25.5 Å². The van der Waals surface area contributed by atoms with Gasteiger partial charge in [-0.25, -0.2) is 40.5 Å². The molecule has 2 heterocycles. The average Bonchev–Trinajstić information content (AvgIpc) is 2.78. The Bertz CT molecular complexity index is 1380. The summed E-state index contributed by atoms with van der Waals surface area (Å²) < 4.78 is 65.2. The SMILES string of the molecule is C=C1/N=C\C(Cl)=C/C/C(c2ncc(F)c(S(C)(=O)=O)n2)=C\N1S(=O)(=O)c1ccc(C)cc1. The van der Waals surface area contributed by atoms with Crippen LogP contribution in [0, 0.1) is 12.7 Å². The molecule has 1 aromatic heterocycles. The smallest absolute Gasteiger partial charge is 0.237 e. The molecule has 0 amide bonds. The second-order valence-electron chi connectivity index (χ2n) is 6.85. The average molecular weight is 497 g/mol. The molecule has 0 atom stereocenters. The number of rotatable bonds is 4. The number of nitrogens with zero attached hydrogens (tertiary/aromatic N) is 4. The van der Waals surface area contributed by atoms with Crippen LogP contribution in [0.15, 0.2) is 75.1 Å². The molecule has 1 aromatic carbocycles. The van der Waals surface area contributed by atoms with E-state index in [9.17, 15) is 21.2 Å². The van der Waals surface area contributed by atoms with Crippen LogP contribution in [0.4, 0.5) is 4.39 Å². The fourth-order valence-electron chi connectivity index (χ4n) is 2.67. The predicted octanol–water partition coefficient (Wildman–Crippen LogP) is 3.43. The normalized spacial score (nSPS) is 19.8. The van der Waals surface area contributed by atoms with Crippen LogP contribution in [0.3, 0.4) is 0 Å². The molecule has 0 fully saturated rings. The number of hydrogen-bond acceptors (Lipinski definition) is 7. The van der Waals surface area contributed by atoms with Crippen LogP contribution < -0.4 is 0 Å². The van der Waals surface area contributed by atoms with E-state index in [-0.39, 0.29) is 33.6 Å². The molecule has 1 aliphatic rings. The maximum atomic E-state index is 14.0. The number of benzene rings is 1. The first-order valence-electron chi connectivity index (χ1n) is 9.03. The van der Waals surface area contributed by atoms with Gasteiger partial charge in [-0.1, -0.05) is 42.0 Å². The lowest BCUT2D eigenvalue weighted by atomic mass is 10.2. The van der Waals surface area contributed by atoms with Gasteiger partial charge in [0.1, 0.15) is 5.82 Å². The molecule has 0 radical (unpaired) electrons. The monoisotopic (exact) mass is 496 g/mol. The van der Waals surface area contributed by atoms with E-state index < -0.39 is 30.7 Å². The third-order valence-electron chi connectivity index (χ3n) is 4.31. The van der Waals surface area contributed by atoms with E-state index >= 15 is 0 Å². The summed E-state index contributed by atoms with van der Waals surface area (Å²) in [4.78, 5) is 11.6. The zero-order valence-corrected chi connectivity index (χ0v) is 19.4. The number of aliphatic imine (C=N–C) groups is 1. The predicted molar refractivity (Wildman–Crippen MR) is 119 cm³/mol. The summed E-state index contributed by atoms with van der Waals surface area (Å²) >= 11 is 6.09. The topological polar surface area (TPSA) is 110 Å². The Morgan fingerprint density at radius 3 is 2.44 bits per heavy atom. The highest BCUT2D eigenvalue weighted by Gasteiger charge is 2.26. The number of hydrogen-bond donors (Lipinski definition) is 0. The van der Waals surface area contributed by atoms with Crippen molar-refractivity contribution in [2.24, 2.45) is 4.99 Å². The summed E-state index contributed by atoms with van der Waals surface area (Å²) in [6.07, 6.45) is 5.42. The van der Waals surface area contributed by atoms with Crippen molar-refractivity contribution in [2.45, 2.75) is 23.3 Å². The Labute approximate surface area is 190 Å². The standard InChI is InChI=1S/C20H18ClFN4O4S2/c1-13-4-8-17(9-5-13)32(29,30)26-12-15(6-7-16(21)10-23-14(26)2)19-24-11-18(22)20(25-19)31(3,27)28/h4-5,7-12H,2,6H2,1,3H3/b15-12+,16-7+,23-10-. The molecular weight excluding hydrogens is 479 g/mol. The van der Waals surface area contributed by atoms with Gasteiger partial charge in [-0.2, -0.15) is 0 Å². The van der Waals surface area contributed by atoms with Crippen LogP contribution in [-0.2, 0) is 19.9 Å². The summed E-state index contributed by atoms with van der Waals surface area (Å²) in [7, 11) is -8.16. The van der Waals surface area contributed by atoms with E-state index in [0.29, 0.717) is 6.20 Å². The molecule has 1 aliphatic heterocycles. The largest absolute Gasteiger partial charge is 0.269 e. The lowest BCUT2D eigenvalue weighted by Crippen LogP contribution is -2.25. The van der Waals surface area contributed by atoms with Gasteiger partial charge >= 0.3 is 0 Å². The fraction of sp³-hybridized carbons (Fsp3) is 0.150. The molecule has 0 bridgehead atoms. The van der Waals surface area contributed by atoms with Crippen molar-refractivity contribution >= 4 is 43.2 Å². The molecule has 32 heavy (non-hydrogen) atoms. The molecular formula is C20H18ClFN4O4S2. The Hall–Kier alpha value is -2.89.